The van der Waals surface area contributed by atoms with Crippen LogP contribution in [-0.2, 0) is 4.74 Å². The van der Waals surface area contributed by atoms with Gasteiger partial charge in [-0.2, -0.15) is 0 Å². The van der Waals surface area contributed by atoms with Crippen molar-refractivity contribution in [2.24, 2.45) is 0 Å². The van der Waals surface area contributed by atoms with Crippen LogP contribution in [0.4, 0.5) is 5.69 Å². The third-order valence-corrected chi connectivity index (χ3v) is 3.09. The Bertz CT molecular complexity index is 462. The molecular formula is C14H20N2O3. The number of carbonyl (C=O) groups is 1. The second-order valence-corrected chi connectivity index (χ2v) is 4.59. The molecule has 1 aromatic carbocycles. The average Bonchev–Trinajstić information content (AvgIpc) is 2.40. The standard InChI is InChI=1S/C14H20N2O3/c1-3-18-13-11(5-4-6-12(13)15)14(17)16-7-8-19-10(2)9-16/h4-6,10H,3,7-9,15H2,1-2H3. The number of ether oxygens (including phenoxy) is 2. The van der Waals surface area contributed by atoms with Crippen molar-refractivity contribution in [3.05, 3.63) is 23.8 Å². The molecule has 1 aliphatic heterocycles. The van der Waals surface area contributed by atoms with Crippen molar-refractivity contribution < 1.29 is 14.3 Å². The topological polar surface area (TPSA) is 64.8 Å². The lowest BCUT2D eigenvalue weighted by molar-refractivity contribution is -0.0125. The summed E-state index contributed by atoms with van der Waals surface area (Å²) in [7, 11) is 0. The molecule has 1 saturated heterocycles. The molecule has 0 aromatic heterocycles. The molecule has 0 saturated carbocycles. The summed E-state index contributed by atoms with van der Waals surface area (Å²) in [6, 6.07) is 5.27. The third-order valence-electron chi connectivity index (χ3n) is 3.09. The first-order valence-corrected chi connectivity index (χ1v) is 6.55. The Morgan fingerprint density at radius 2 is 2.37 bits per heavy atom. The van der Waals surface area contributed by atoms with Crippen molar-refractivity contribution >= 4 is 11.6 Å². The molecule has 0 aliphatic carbocycles. The number of benzene rings is 1. The number of morpholine rings is 1. The van der Waals surface area contributed by atoms with Crippen molar-refractivity contribution in [3.8, 4) is 5.75 Å². The first kappa shape index (κ1) is 13.7. The molecule has 104 valence electrons. The van der Waals surface area contributed by atoms with E-state index in [0.29, 0.717) is 43.3 Å². The van der Waals surface area contributed by atoms with E-state index in [1.54, 1.807) is 23.1 Å². The lowest BCUT2D eigenvalue weighted by Gasteiger charge is -2.31. The van der Waals surface area contributed by atoms with E-state index < -0.39 is 0 Å². The van der Waals surface area contributed by atoms with Crippen LogP contribution < -0.4 is 10.5 Å². The molecule has 5 heteroatoms. The maximum absolute atomic E-state index is 12.5. The van der Waals surface area contributed by atoms with E-state index in [1.807, 2.05) is 13.8 Å². The van der Waals surface area contributed by atoms with E-state index >= 15 is 0 Å². The molecule has 1 unspecified atom stereocenters. The molecule has 19 heavy (non-hydrogen) atoms. The quantitative estimate of drug-likeness (QED) is 0.841. The smallest absolute Gasteiger partial charge is 0.257 e. The second kappa shape index (κ2) is 5.93. The minimum absolute atomic E-state index is 0.0501. The summed E-state index contributed by atoms with van der Waals surface area (Å²) in [5.41, 5.74) is 6.90. The normalized spacial score (nSPS) is 19.3. The zero-order chi connectivity index (χ0) is 13.8. The van der Waals surface area contributed by atoms with Crippen molar-refractivity contribution in [1.82, 2.24) is 4.90 Å². The molecule has 0 spiro atoms. The summed E-state index contributed by atoms with van der Waals surface area (Å²) in [6.45, 7) is 6.08. The van der Waals surface area contributed by atoms with Gasteiger partial charge in [-0.25, -0.2) is 0 Å². The van der Waals surface area contributed by atoms with Crippen LogP contribution in [0.15, 0.2) is 18.2 Å². The Hall–Kier alpha value is -1.75. The van der Waals surface area contributed by atoms with Crippen molar-refractivity contribution in [2.75, 3.05) is 32.0 Å². The Morgan fingerprint density at radius 1 is 1.58 bits per heavy atom. The number of hydrogen-bond acceptors (Lipinski definition) is 4. The minimum Gasteiger partial charge on any atom is -0.491 e. The third kappa shape index (κ3) is 2.98. The van der Waals surface area contributed by atoms with Crippen LogP contribution in [0.3, 0.4) is 0 Å². The van der Waals surface area contributed by atoms with Gasteiger partial charge in [0.05, 0.1) is 30.6 Å². The summed E-state index contributed by atoms with van der Waals surface area (Å²) in [5, 5.41) is 0. The van der Waals surface area contributed by atoms with Crippen LogP contribution >= 0.6 is 0 Å². The largest absolute Gasteiger partial charge is 0.491 e. The van der Waals surface area contributed by atoms with Gasteiger partial charge in [0.25, 0.3) is 5.91 Å². The van der Waals surface area contributed by atoms with Gasteiger partial charge in [-0.1, -0.05) is 6.07 Å². The van der Waals surface area contributed by atoms with Gasteiger partial charge in [0, 0.05) is 13.1 Å². The van der Waals surface area contributed by atoms with Gasteiger partial charge in [0.2, 0.25) is 0 Å². The van der Waals surface area contributed by atoms with Crippen molar-refractivity contribution in [3.63, 3.8) is 0 Å². The highest BCUT2D eigenvalue weighted by Gasteiger charge is 2.25. The minimum atomic E-state index is -0.0501. The van der Waals surface area contributed by atoms with Crippen LogP contribution in [-0.4, -0.2) is 43.2 Å². The predicted molar refractivity (Wildman–Crippen MR) is 73.3 cm³/mol. The molecule has 0 bridgehead atoms. The van der Waals surface area contributed by atoms with E-state index in [9.17, 15) is 4.79 Å². The number of hydrogen-bond donors (Lipinski definition) is 1. The van der Waals surface area contributed by atoms with Gasteiger partial charge in [-0.15, -0.1) is 0 Å². The maximum atomic E-state index is 12.5. The zero-order valence-electron chi connectivity index (χ0n) is 11.4. The van der Waals surface area contributed by atoms with E-state index in [-0.39, 0.29) is 12.0 Å². The van der Waals surface area contributed by atoms with Crippen LogP contribution in [0, 0.1) is 0 Å². The number of para-hydroxylation sites is 1. The summed E-state index contributed by atoms with van der Waals surface area (Å²) in [6.07, 6.45) is 0.0642. The Labute approximate surface area is 113 Å². The lowest BCUT2D eigenvalue weighted by atomic mass is 10.1. The maximum Gasteiger partial charge on any atom is 0.257 e. The van der Waals surface area contributed by atoms with E-state index in [2.05, 4.69) is 0 Å². The van der Waals surface area contributed by atoms with E-state index in [0.717, 1.165) is 0 Å². The monoisotopic (exact) mass is 264 g/mol. The van der Waals surface area contributed by atoms with Gasteiger partial charge in [-0.3, -0.25) is 4.79 Å². The summed E-state index contributed by atoms with van der Waals surface area (Å²) >= 11 is 0. The SMILES string of the molecule is CCOc1c(N)cccc1C(=O)N1CCOC(C)C1. The predicted octanol–water partition coefficient (Wildman–Crippen LogP) is 1.53. The van der Waals surface area contributed by atoms with E-state index in [4.69, 9.17) is 15.2 Å². The molecule has 1 aromatic rings. The summed E-state index contributed by atoms with van der Waals surface area (Å²) in [5.74, 6) is 0.431. The molecular weight excluding hydrogens is 244 g/mol. The highest BCUT2D eigenvalue weighted by atomic mass is 16.5. The second-order valence-electron chi connectivity index (χ2n) is 4.59. The molecule has 1 atom stereocenters. The zero-order valence-corrected chi connectivity index (χ0v) is 11.4. The van der Waals surface area contributed by atoms with Gasteiger partial charge in [-0.05, 0) is 26.0 Å². The highest BCUT2D eigenvalue weighted by molar-refractivity contribution is 5.98. The fourth-order valence-electron chi connectivity index (χ4n) is 2.20. The van der Waals surface area contributed by atoms with Gasteiger partial charge < -0.3 is 20.1 Å². The molecule has 2 N–H and O–H groups in total. The number of nitrogens with zero attached hydrogens (tertiary/aromatic N) is 1. The van der Waals surface area contributed by atoms with Crippen LogP contribution in [0.1, 0.15) is 24.2 Å². The van der Waals surface area contributed by atoms with Crippen LogP contribution in [0.25, 0.3) is 0 Å². The molecule has 1 fully saturated rings. The first-order valence-electron chi connectivity index (χ1n) is 6.55. The number of carbonyl (C=O) groups excluding carboxylic acids is 1. The van der Waals surface area contributed by atoms with Gasteiger partial charge in [0.1, 0.15) is 0 Å². The number of rotatable bonds is 3. The van der Waals surface area contributed by atoms with Crippen LogP contribution in [0.2, 0.25) is 0 Å². The lowest BCUT2D eigenvalue weighted by Crippen LogP contribution is -2.44. The van der Waals surface area contributed by atoms with Gasteiger partial charge in [0.15, 0.2) is 5.75 Å². The molecule has 0 radical (unpaired) electrons. The van der Waals surface area contributed by atoms with Gasteiger partial charge >= 0.3 is 0 Å². The first-order chi connectivity index (χ1) is 9.13. The number of anilines is 1. The fourth-order valence-corrected chi connectivity index (χ4v) is 2.20. The molecule has 1 heterocycles. The molecule has 1 amide bonds. The fraction of sp³-hybridized carbons (Fsp3) is 0.500. The number of nitrogens with two attached hydrogens (primary N) is 1. The Kier molecular flexibility index (Phi) is 4.27. The van der Waals surface area contributed by atoms with Crippen molar-refractivity contribution in [1.29, 1.82) is 0 Å². The molecule has 1 aliphatic rings. The Morgan fingerprint density at radius 3 is 3.05 bits per heavy atom. The average molecular weight is 264 g/mol. The molecule has 2 rings (SSSR count). The Balaban J connectivity index is 2.25. The van der Waals surface area contributed by atoms with Crippen molar-refractivity contribution in [2.45, 2.75) is 20.0 Å². The number of nitrogen functional groups attached to an aromatic ring is 1. The molecule has 5 nitrogen and oxygen atoms in total. The van der Waals surface area contributed by atoms with E-state index in [1.165, 1.54) is 0 Å². The van der Waals surface area contributed by atoms with Crippen LogP contribution in [0.5, 0.6) is 5.75 Å². The summed E-state index contributed by atoms with van der Waals surface area (Å²) in [4.78, 5) is 14.3. The summed E-state index contributed by atoms with van der Waals surface area (Å²) < 4.78 is 10.9. The highest BCUT2D eigenvalue weighted by Crippen LogP contribution is 2.28. The number of amides is 1.